The van der Waals surface area contributed by atoms with E-state index in [1.165, 1.54) is 14.7 Å². The van der Waals surface area contributed by atoms with E-state index in [9.17, 15) is 4.79 Å². The van der Waals surface area contributed by atoms with Crippen LogP contribution in [0.15, 0.2) is 99.6 Å². The van der Waals surface area contributed by atoms with E-state index < -0.39 is 3.42 Å². The van der Waals surface area contributed by atoms with E-state index in [1.54, 1.807) is 0 Å². The van der Waals surface area contributed by atoms with Crippen LogP contribution in [0.25, 0.3) is 0 Å². The highest BCUT2D eigenvalue weighted by atomic mass is 127. The Balaban J connectivity index is 1.68. The van der Waals surface area contributed by atoms with E-state index in [0.29, 0.717) is 6.61 Å². The first-order valence-corrected chi connectivity index (χ1v) is 11.7. The maximum absolute atomic E-state index is 11.8. The topological polar surface area (TPSA) is 35.5 Å². The van der Waals surface area contributed by atoms with Crippen LogP contribution >= 0.6 is 22.6 Å². The number of hydrogen-bond donors (Lipinski definition) is 0. The summed E-state index contributed by atoms with van der Waals surface area (Å²) in [5, 5.41) is 0. The molecule has 0 aromatic heterocycles. The van der Waals surface area contributed by atoms with Crippen molar-refractivity contribution in [1.29, 1.82) is 0 Å². The molecule has 3 rings (SSSR count). The zero-order chi connectivity index (χ0) is 20.7. The Hall–Kier alpha value is -1.99. The molecule has 0 saturated heterocycles. The van der Waals surface area contributed by atoms with Gasteiger partial charge in [0.25, 0.3) is 0 Å². The van der Waals surface area contributed by atoms with Crippen LogP contribution in [0.5, 0.6) is 5.75 Å². The summed E-state index contributed by atoms with van der Waals surface area (Å²) >= 11 is 2.07. The number of ether oxygens (including phenoxy) is 2. The van der Waals surface area contributed by atoms with Crippen molar-refractivity contribution in [3.05, 3.63) is 84.9 Å². The molecule has 0 N–H and O–H groups in total. The number of carbonyl (C=O) groups is 1. The van der Waals surface area contributed by atoms with E-state index in [4.69, 9.17) is 9.47 Å². The zero-order valence-electron chi connectivity index (χ0n) is 16.5. The lowest BCUT2D eigenvalue weighted by Gasteiger charge is -2.15. The van der Waals surface area contributed by atoms with Gasteiger partial charge in [0, 0.05) is 0 Å². The molecule has 0 aliphatic carbocycles. The van der Waals surface area contributed by atoms with Crippen molar-refractivity contribution in [2.24, 2.45) is 0 Å². The molecule has 0 radical (unpaired) electrons. The van der Waals surface area contributed by atoms with Crippen LogP contribution in [0.3, 0.4) is 0 Å². The van der Waals surface area contributed by atoms with Crippen LogP contribution in [0.1, 0.15) is 13.8 Å². The van der Waals surface area contributed by atoms with Gasteiger partial charge in [-0.25, -0.2) is 0 Å². The lowest BCUT2D eigenvalue weighted by molar-refractivity contribution is -0.145. The van der Waals surface area contributed by atoms with E-state index in [1.807, 2.05) is 38.1 Å². The SMILES string of the molecule is CC(C)(I)C(=O)OCCOc1ccc([S+](c2ccccc2)c2ccccc2)cc1. The van der Waals surface area contributed by atoms with Crippen LogP contribution in [0.4, 0.5) is 0 Å². The summed E-state index contributed by atoms with van der Waals surface area (Å²) in [5.74, 6) is 0.537. The van der Waals surface area contributed by atoms with Crippen LogP contribution in [0.2, 0.25) is 0 Å². The summed E-state index contributed by atoms with van der Waals surface area (Å²) < 4.78 is 10.5. The molecule has 0 atom stereocenters. The second-order valence-electron chi connectivity index (χ2n) is 6.86. The molecule has 0 fully saturated rings. The molecule has 0 heterocycles. The van der Waals surface area contributed by atoms with E-state index in [-0.39, 0.29) is 23.5 Å². The van der Waals surface area contributed by atoms with Crippen molar-refractivity contribution in [3.63, 3.8) is 0 Å². The predicted octanol–water partition coefficient (Wildman–Crippen LogP) is 5.92. The number of rotatable bonds is 8. The van der Waals surface area contributed by atoms with Gasteiger partial charge < -0.3 is 9.47 Å². The summed E-state index contributed by atoms with van der Waals surface area (Å²) in [7, 11) is -0.172. The highest BCUT2D eigenvalue weighted by Crippen LogP contribution is 2.31. The minimum absolute atomic E-state index is 0.172. The third-order valence-corrected chi connectivity index (χ3v) is 6.76. The van der Waals surface area contributed by atoms with Gasteiger partial charge in [0.2, 0.25) is 0 Å². The Morgan fingerprint density at radius 3 is 1.76 bits per heavy atom. The van der Waals surface area contributed by atoms with Gasteiger partial charge in [0.05, 0.1) is 10.9 Å². The summed E-state index contributed by atoms with van der Waals surface area (Å²) in [6.45, 7) is 4.23. The standard InChI is InChI=1S/C24H24IO3S/c1-24(2,25)23(26)28-18-17-27-19-13-15-22(16-14-19)29(20-9-5-3-6-10-20)21-11-7-4-8-12-21/h3-16H,17-18H2,1-2H3/q+1. The molecular formula is C24H24IO3S+. The molecule has 3 nitrogen and oxygen atoms in total. The van der Waals surface area contributed by atoms with Crippen molar-refractivity contribution in [2.75, 3.05) is 13.2 Å². The van der Waals surface area contributed by atoms with Crippen LogP contribution in [-0.2, 0) is 20.4 Å². The number of alkyl halides is 1. The Kier molecular flexibility index (Phi) is 7.61. The van der Waals surface area contributed by atoms with Crippen molar-refractivity contribution >= 4 is 39.5 Å². The van der Waals surface area contributed by atoms with Crippen LogP contribution in [0, 0.1) is 0 Å². The average Bonchev–Trinajstić information content (AvgIpc) is 2.73. The van der Waals surface area contributed by atoms with Crippen molar-refractivity contribution in [1.82, 2.24) is 0 Å². The number of esters is 1. The molecule has 3 aromatic rings. The van der Waals surface area contributed by atoms with E-state index >= 15 is 0 Å². The first kappa shape index (κ1) is 21.7. The normalized spacial score (nSPS) is 11.3. The predicted molar refractivity (Wildman–Crippen MR) is 126 cm³/mol. The smallest absolute Gasteiger partial charge is 0.321 e. The summed E-state index contributed by atoms with van der Waals surface area (Å²) in [5.41, 5.74) is 0. The number of halogens is 1. The molecule has 0 spiro atoms. The third kappa shape index (κ3) is 6.24. The molecule has 0 bridgehead atoms. The summed E-state index contributed by atoms with van der Waals surface area (Å²) in [4.78, 5) is 15.6. The largest absolute Gasteiger partial charge is 0.490 e. The van der Waals surface area contributed by atoms with Gasteiger partial charge in [-0.15, -0.1) is 0 Å². The zero-order valence-corrected chi connectivity index (χ0v) is 19.5. The van der Waals surface area contributed by atoms with Gasteiger partial charge in [-0.05, 0) is 62.4 Å². The second-order valence-corrected chi connectivity index (χ2v) is 11.6. The Morgan fingerprint density at radius 2 is 1.28 bits per heavy atom. The molecule has 0 aliphatic rings. The number of benzene rings is 3. The summed E-state index contributed by atoms with van der Waals surface area (Å²) in [6, 6.07) is 29.2. The fourth-order valence-electron chi connectivity index (χ4n) is 2.66. The van der Waals surface area contributed by atoms with Gasteiger partial charge in [0.15, 0.2) is 14.7 Å². The average molecular weight is 519 g/mol. The Morgan fingerprint density at radius 1 is 0.793 bits per heavy atom. The molecular weight excluding hydrogens is 495 g/mol. The third-order valence-electron chi connectivity index (χ3n) is 4.09. The fourth-order valence-corrected chi connectivity index (χ4v) is 4.90. The molecule has 5 heteroatoms. The first-order chi connectivity index (χ1) is 13.9. The van der Waals surface area contributed by atoms with E-state index in [2.05, 4.69) is 83.3 Å². The maximum Gasteiger partial charge on any atom is 0.321 e. The molecule has 0 amide bonds. The van der Waals surface area contributed by atoms with Gasteiger partial charge in [-0.3, -0.25) is 4.79 Å². The molecule has 0 saturated carbocycles. The highest BCUT2D eigenvalue weighted by Gasteiger charge is 2.28. The van der Waals surface area contributed by atoms with Gasteiger partial charge >= 0.3 is 5.97 Å². The van der Waals surface area contributed by atoms with Gasteiger partial charge in [0.1, 0.15) is 22.4 Å². The van der Waals surface area contributed by atoms with Gasteiger partial charge in [-0.1, -0.05) is 59.0 Å². The Labute approximate surface area is 188 Å². The maximum atomic E-state index is 11.8. The molecule has 3 aromatic carbocycles. The van der Waals surface area contributed by atoms with E-state index in [0.717, 1.165) is 5.75 Å². The van der Waals surface area contributed by atoms with Crippen LogP contribution in [-0.4, -0.2) is 22.6 Å². The minimum Gasteiger partial charge on any atom is -0.490 e. The lowest BCUT2D eigenvalue weighted by Crippen LogP contribution is -2.27. The molecule has 29 heavy (non-hydrogen) atoms. The number of hydrogen-bond acceptors (Lipinski definition) is 3. The van der Waals surface area contributed by atoms with Gasteiger partial charge in [-0.2, -0.15) is 0 Å². The highest BCUT2D eigenvalue weighted by molar-refractivity contribution is 14.1. The number of carbonyl (C=O) groups excluding carboxylic acids is 1. The molecule has 0 aliphatic heterocycles. The quantitative estimate of drug-likeness (QED) is 0.122. The van der Waals surface area contributed by atoms with Crippen molar-refractivity contribution in [2.45, 2.75) is 32.0 Å². The monoisotopic (exact) mass is 519 g/mol. The summed E-state index contributed by atoms with van der Waals surface area (Å²) in [6.07, 6.45) is 0. The molecule has 150 valence electrons. The fraction of sp³-hybridized carbons (Fsp3) is 0.208. The van der Waals surface area contributed by atoms with Crippen molar-refractivity contribution < 1.29 is 14.3 Å². The second kappa shape index (κ2) is 10.2. The lowest BCUT2D eigenvalue weighted by atomic mass is 10.2. The molecule has 0 unspecified atom stereocenters. The Bertz CT molecular complexity index is 867. The minimum atomic E-state index is -0.524. The van der Waals surface area contributed by atoms with Crippen LogP contribution < -0.4 is 4.74 Å². The van der Waals surface area contributed by atoms with Crippen molar-refractivity contribution in [3.8, 4) is 5.75 Å². The first-order valence-electron chi connectivity index (χ1n) is 9.38.